The number of anilines is 1. The molecule has 11 nitrogen and oxygen atoms in total. The van der Waals surface area contributed by atoms with Gasteiger partial charge in [0.25, 0.3) is 5.91 Å². The van der Waals surface area contributed by atoms with E-state index in [0.29, 0.717) is 29.3 Å². The van der Waals surface area contributed by atoms with Crippen LogP contribution in [0.1, 0.15) is 58.8 Å². The van der Waals surface area contributed by atoms with E-state index in [1.807, 2.05) is 23.1 Å². The van der Waals surface area contributed by atoms with Gasteiger partial charge in [0.2, 0.25) is 5.78 Å². The van der Waals surface area contributed by atoms with Crippen molar-refractivity contribution in [3.8, 4) is 17.1 Å². The highest BCUT2D eigenvalue weighted by molar-refractivity contribution is 6.24. The molecule has 1 aliphatic heterocycles. The van der Waals surface area contributed by atoms with Gasteiger partial charge in [-0.2, -0.15) is 0 Å². The SMILES string of the molecule is CN(C)c1cc(-c2ccc(CN3CCC(c4ccccc4F)CC3)o2)c(O)c2c1C[C@H]1C[C@H]3CC(O)=C(C(N)=O)C(=O)[C@@]3(O)C(O)=C1C2=O. The quantitative estimate of drug-likeness (QED) is 0.236. The average Bonchev–Trinajstić information content (AvgIpc) is 3.51. The Bertz CT molecular complexity index is 1970. The zero-order valence-corrected chi connectivity index (χ0v) is 27.2. The number of aliphatic hydroxyl groups is 3. The highest BCUT2D eigenvalue weighted by atomic mass is 19.1. The van der Waals surface area contributed by atoms with Gasteiger partial charge in [-0.3, -0.25) is 19.3 Å². The summed E-state index contributed by atoms with van der Waals surface area (Å²) in [5.74, 6) is -5.80. The molecule has 3 aliphatic carbocycles. The highest BCUT2D eigenvalue weighted by Gasteiger charge is 2.59. The fourth-order valence-electron chi connectivity index (χ4n) is 8.29. The normalized spacial score (nSPS) is 24.5. The number of aromatic hydroxyl groups is 1. The molecule has 256 valence electrons. The molecule has 2 heterocycles. The lowest BCUT2D eigenvalue weighted by atomic mass is 9.60. The molecule has 7 rings (SSSR count). The number of amides is 1. The zero-order chi connectivity index (χ0) is 34.9. The van der Waals surface area contributed by atoms with Crippen LogP contribution in [0.25, 0.3) is 11.3 Å². The maximum Gasteiger partial charge on any atom is 0.255 e. The molecule has 0 spiro atoms. The number of phenolic OH excluding ortho intramolecular Hbond substituents is 1. The largest absolute Gasteiger partial charge is 0.511 e. The number of nitrogens with zero attached hydrogens (tertiary/aromatic N) is 2. The van der Waals surface area contributed by atoms with E-state index in [-0.39, 0.29) is 53.4 Å². The van der Waals surface area contributed by atoms with Crippen LogP contribution in [0.4, 0.5) is 10.1 Å². The van der Waals surface area contributed by atoms with E-state index in [0.717, 1.165) is 31.5 Å². The minimum atomic E-state index is -2.63. The van der Waals surface area contributed by atoms with E-state index >= 15 is 0 Å². The predicted molar refractivity (Wildman–Crippen MR) is 176 cm³/mol. The fourth-order valence-corrected chi connectivity index (χ4v) is 8.29. The third-order valence-electron chi connectivity index (χ3n) is 10.8. The van der Waals surface area contributed by atoms with E-state index in [1.165, 1.54) is 6.07 Å². The van der Waals surface area contributed by atoms with Crippen molar-refractivity contribution < 1.29 is 43.6 Å². The van der Waals surface area contributed by atoms with E-state index in [1.54, 1.807) is 32.3 Å². The number of carbonyl (C=O) groups is 3. The first kappa shape index (κ1) is 32.6. The number of hydrogen-bond donors (Lipinski definition) is 5. The number of nitrogens with two attached hydrogens (primary N) is 1. The third-order valence-corrected chi connectivity index (χ3v) is 10.8. The summed E-state index contributed by atoms with van der Waals surface area (Å²) in [6, 6.07) is 12.2. The number of aliphatic hydroxyl groups excluding tert-OH is 2. The van der Waals surface area contributed by atoms with Crippen LogP contribution in [0.3, 0.4) is 0 Å². The summed E-state index contributed by atoms with van der Waals surface area (Å²) in [7, 11) is 3.60. The monoisotopic (exact) mass is 671 g/mol. The first-order valence-electron chi connectivity index (χ1n) is 16.4. The molecule has 6 N–H and O–H groups in total. The maximum atomic E-state index is 14.3. The highest BCUT2D eigenvalue weighted by Crippen LogP contribution is 2.53. The van der Waals surface area contributed by atoms with Crippen molar-refractivity contribution in [3.05, 3.63) is 93.4 Å². The van der Waals surface area contributed by atoms with Gasteiger partial charge in [-0.25, -0.2) is 4.39 Å². The Morgan fingerprint density at radius 2 is 1.78 bits per heavy atom. The molecule has 3 atom stereocenters. The molecule has 0 unspecified atom stereocenters. The molecule has 0 radical (unpaired) electrons. The minimum Gasteiger partial charge on any atom is -0.511 e. The molecule has 4 aliphatic rings. The minimum absolute atomic E-state index is 0.0530. The van der Waals surface area contributed by atoms with Crippen molar-refractivity contribution in [2.45, 2.75) is 50.2 Å². The smallest absolute Gasteiger partial charge is 0.255 e. The fraction of sp³-hybridized carbons (Fsp3) is 0.378. The molecule has 1 fully saturated rings. The van der Waals surface area contributed by atoms with Gasteiger partial charge in [-0.05, 0) is 86.0 Å². The molecule has 1 amide bonds. The third kappa shape index (κ3) is 5.12. The first-order valence-corrected chi connectivity index (χ1v) is 16.4. The number of hydrogen-bond acceptors (Lipinski definition) is 10. The van der Waals surface area contributed by atoms with Crippen LogP contribution >= 0.6 is 0 Å². The number of carbonyl (C=O) groups excluding carboxylic acids is 3. The summed E-state index contributed by atoms with van der Waals surface area (Å²) in [5.41, 5.74) is 3.74. The lowest BCUT2D eigenvalue weighted by molar-refractivity contribution is -0.144. The van der Waals surface area contributed by atoms with Crippen LogP contribution in [0, 0.1) is 17.7 Å². The van der Waals surface area contributed by atoms with Gasteiger partial charge in [0.05, 0.1) is 17.7 Å². The number of phenols is 1. The number of piperidine rings is 1. The molecule has 3 aromatic rings. The number of likely N-dealkylation sites (tertiary alicyclic amines) is 1. The lowest BCUT2D eigenvalue weighted by Gasteiger charge is -2.45. The van der Waals surface area contributed by atoms with Crippen LogP contribution in [0.2, 0.25) is 0 Å². The first-order chi connectivity index (χ1) is 23.3. The lowest BCUT2D eigenvalue weighted by Crippen LogP contribution is -2.57. The summed E-state index contributed by atoms with van der Waals surface area (Å²) < 4.78 is 20.5. The van der Waals surface area contributed by atoms with Crippen LogP contribution in [0.15, 0.2) is 69.5 Å². The van der Waals surface area contributed by atoms with Gasteiger partial charge in [0.15, 0.2) is 11.4 Å². The second kappa shape index (κ2) is 11.9. The van der Waals surface area contributed by atoms with Crippen LogP contribution in [0.5, 0.6) is 5.75 Å². The average molecular weight is 672 g/mol. The van der Waals surface area contributed by atoms with Crippen molar-refractivity contribution in [1.82, 2.24) is 4.90 Å². The summed E-state index contributed by atoms with van der Waals surface area (Å²) in [6.07, 6.45) is 1.58. The molecular weight excluding hydrogens is 633 g/mol. The second-order valence-electron chi connectivity index (χ2n) is 13.8. The van der Waals surface area contributed by atoms with E-state index in [4.69, 9.17) is 10.2 Å². The molecule has 2 aromatic carbocycles. The number of furan rings is 1. The van der Waals surface area contributed by atoms with Gasteiger partial charge in [0, 0.05) is 37.7 Å². The van der Waals surface area contributed by atoms with Crippen molar-refractivity contribution in [3.63, 3.8) is 0 Å². The molecule has 0 bridgehead atoms. The number of Topliss-reactive ketones (excluding diaryl/α,β-unsaturated/α-hetero) is 2. The molecule has 12 heteroatoms. The topological polar surface area (TPSA) is 178 Å². The number of halogens is 1. The molecule has 1 aromatic heterocycles. The van der Waals surface area contributed by atoms with Crippen molar-refractivity contribution in [2.24, 2.45) is 17.6 Å². The molecule has 1 saturated heterocycles. The van der Waals surface area contributed by atoms with Crippen LogP contribution < -0.4 is 10.6 Å². The second-order valence-corrected chi connectivity index (χ2v) is 13.8. The van der Waals surface area contributed by atoms with Crippen LogP contribution in [-0.2, 0) is 22.6 Å². The Morgan fingerprint density at radius 3 is 2.45 bits per heavy atom. The summed E-state index contributed by atoms with van der Waals surface area (Å²) in [4.78, 5) is 43.5. The van der Waals surface area contributed by atoms with Gasteiger partial charge in [0.1, 0.15) is 40.2 Å². The van der Waals surface area contributed by atoms with E-state index in [9.17, 15) is 39.2 Å². The van der Waals surface area contributed by atoms with Crippen molar-refractivity contribution >= 4 is 23.2 Å². The van der Waals surface area contributed by atoms with Gasteiger partial charge in [-0.15, -0.1) is 0 Å². The molecular formula is C37H38FN3O8. The Hall–Kier alpha value is -4.94. The maximum absolute atomic E-state index is 14.3. The number of ketones is 2. The number of rotatable bonds is 6. The zero-order valence-electron chi connectivity index (χ0n) is 27.2. The van der Waals surface area contributed by atoms with Crippen molar-refractivity contribution in [2.75, 3.05) is 32.1 Å². The summed E-state index contributed by atoms with van der Waals surface area (Å²) >= 11 is 0. The number of fused-ring (bicyclic) bond motifs is 3. The number of benzene rings is 2. The van der Waals surface area contributed by atoms with Crippen LogP contribution in [-0.4, -0.2) is 75.6 Å². The Labute approximate surface area is 281 Å². The Morgan fingerprint density at radius 1 is 1.06 bits per heavy atom. The van der Waals surface area contributed by atoms with Gasteiger partial charge < -0.3 is 35.5 Å². The van der Waals surface area contributed by atoms with E-state index < -0.39 is 52.0 Å². The Balaban J connectivity index is 1.19. The summed E-state index contributed by atoms with van der Waals surface area (Å²) in [6.45, 7) is 2.01. The standard InChI is InChI=1S/C37H38FN3O8/c1-40(2)26-16-24(28-8-7-21(49-28)17-41-11-9-18(10-12-41)22-5-3-4-6-25(22)38)32(43)30-23(26)14-19-13-20-15-27(42)31(36(39)47)35(46)37(20,48)34(45)29(19)33(30)44/h3-8,16,18-20,42-43,45,48H,9-15,17H2,1-2H3,(H2,39,47)/t19-,20+,37+/m1/s1. The van der Waals surface area contributed by atoms with E-state index in [2.05, 4.69) is 4.90 Å². The van der Waals surface area contributed by atoms with Gasteiger partial charge in [-0.1, -0.05) is 18.2 Å². The number of allylic oxidation sites excluding steroid dienone is 2. The molecule has 49 heavy (non-hydrogen) atoms. The van der Waals surface area contributed by atoms with Gasteiger partial charge >= 0.3 is 0 Å². The predicted octanol–water partition coefficient (Wildman–Crippen LogP) is 4.43. The number of primary amides is 1. The summed E-state index contributed by atoms with van der Waals surface area (Å²) in [5, 5.41) is 45.1. The molecule has 0 saturated carbocycles. The van der Waals surface area contributed by atoms with Crippen molar-refractivity contribution in [1.29, 1.82) is 0 Å². The Kier molecular flexibility index (Phi) is 7.91.